The molecular formula is C17H19NO4S. The fraction of sp³-hybridized carbons (Fsp3) is 0.235. The Balaban J connectivity index is 2.42. The Hall–Kier alpha value is -2.34. The molecule has 0 amide bonds. The molecule has 0 radical (unpaired) electrons. The molecule has 23 heavy (non-hydrogen) atoms. The van der Waals surface area contributed by atoms with Crippen LogP contribution in [0.3, 0.4) is 0 Å². The number of Topliss-reactive ketones (excluding diaryl/α,β-unsaturated/α-hetero) is 1. The van der Waals surface area contributed by atoms with Gasteiger partial charge in [0.05, 0.1) is 17.7 Å². The molecule has 0 atom stereocenters. The number of hydrogen-bond donors (Lipinski definition) is 1. The van der Waals surface area contributed by atoms with E-state index in [0.717, 1.165) is 5.56 Å². The molecule has 0 fully saturated rings. The second-order valence-electron chi connectivity index (χ2n) is 5.32. The summed E-state index contributed by atoms with van der Waals surface area (Å²) in [6.07, 6.45) is 0. The van der Waals surface area contributed by atoms with Gasteiger partial charge in [-0.3, -0.25) is 9.52 Å². The molecular weight excluding hydrogens is 314 g/mol. The van der Waals surface area contributed by atoms with Crippen molar-refractivity contribution in [3.63, 3.8) is 0 Å². The molecule has 1 N–H and O–H groups in total. The first kappa shape index (κ1) is 17.0. The molecule has 0 aliphatic carbocycles. The first-order valence-corrected chi connectivity index (χ1v) is 8.52. The number of rotatable bonds is 5. The van der Waals surface area contributed by atoms with Crippen LogP contribution in [0.15, 0.2) is 41.3 Å². The number of carbonyl (C=O) groups excluding carboxylic acids is 1. The average Bonchev–Trinajstić information content (AvgIpc) is 2.48. The molecule has 0 aliphatic heterocycles. The van der Waals surface area contributed by atoms with E-state index in [1.807, 2.05) is 0 Å². The van der Waals surface area contributed by atoms with Gasteiger partial charge in [-0.1, -0.05) is 12.1 Å². The summed E-state index contributed by atoms with van der Waals surface area (Å²) in [6.45, 7) is 4.93. The van der Waals surface area contributed by atoms with Crippen molar-refractivity contribution < 1.29 is 17.9 Å². The molecule has 0 aliphatic rings. The number of ketones is 1. The van der Waals surface area contributed by atoms with Crippen LogP contribution in [0.5, 0.6) is 5.75 Å². The van der Waals surface area contributed by atoms with Crippen LogP contribution >= 0.6 is 0 Å². The van der Waals surface area contributed by atoms with Crippen molar-refractivity contribution in [1.82, 2.24) is 0 Å². The number of ether oxygens (including phenoxy) is 1. The van der Waals surface area contributed by atoms with Gasteiger partial charge < -0.3 is 4.74 Å². The summed E-state index contributed by atoms with van der Waals surface area (Å²) in [6, 6.07) is 9.70. The highest BCUT2D eigenvalue weighted by Gasteiger charge is 2.18. The van der Waals surface area contributed by atoms with Gasteiger partial charge in [0.1, 0.15) is 5.75 Å². The van der Waals surface area contributed by atoms with Gasteiger partial charge in [-0.05, 0) is 56.2 Å². The average molecular weight is 333 g/mol. The van der Waals surface area contributed by atoms with Crippen LogP contribution in [0.1, 0.15) is 28.4 Å². The molecule has 2 aromatic carbocycles. The summed E-state index contributed by atoms with van der Waals surface area (Å²) < 4.78 is 32.9. The molecule has 122 valence electrons. The third kappa shape index (κ3) is 3.71. The lowest BCUT2D eigenvalue weighted by Gasteiger charge is -2.14. The minimum Gasteiger partial charge on any atom is -0.497 e. The second kappa shape index (κ2) is 6.42. The van der Waals surface area contributed by atoms with Crippen LogP contribution in [0.2, 0.25) is 0 Å². The predicted octanol–water partition coefficient (Wildman–Crippen LogP) is 3.32. The Labute approximate surface area is 136 Å². The highest BCUT2D eigenvalue weighted by atomic mass is 32.2. The first-order chi connectivity index (χ1) is 10.7. The summed E-state index contributed by atoms with van der Waals surface area (Å²) in [7, 11) is -2.23. The SMILES string of the molecule is COc1ccc(S(=O)(=O)Nc2cc(C(C)=O)ccc2C)c(C)c1. The van der Waals surface area contributed by atoms with Gasteiger partial charge in [0.15, 0.2) is 5.78 Å². The molecule has 6 heteroatoms. The summed E-state index contributed by atoms with van der Waals surface area (Å²) in [5.74, 6) is 0.474. The van der Waals surface area contributed by atoms with Gasteiger partial charge in [0, 0.05) is 5.56 Å². The zero-order chi connectivity index (χ0) is 17.2. The molecule has 2 rings (SSSR count). The Kier molecular flexibility index (Phi) is 4.75. The van der Waals surface area contributed by atoms with Crippen molar-refractivity contribution in [2.75, 3.05) is 11.8 Å². The van der Waals surface area contributed by atoms with Crippen LogP contribution < -0.4 is 9.46 Å². The summed E-state index contributed by atoms with van der Waals surface area (Å²) in [5, 5.41) is 0. The second-order valence-corrected chi connectivity index (χ2v) is 6.97. The van der Waals surface area contributed by atoms with Gasteiger partial charge in [-0.25, -0.2) is 8.42 Å². The quantitative estimate of drug-likeness (QED) is 0.852. The number of nitrogens with one attached hydrogen (secondary N) is 1. The maximum Gasteiger partial charge on any atom is 0.262 e. The molecule has 0 spiro atoms. The number of aryl methyl sites for hydroxylation is 2. The summed E-state index contributed by atoms with van der Waals surface area (Å²) >= 11 is 0. The van der Waals surface area contributed by atoms with Crippen molar-refractivity contribution in [2.45, 2.75) is 25.7 Å². The van der Waals surface area contributed by atoms with E-state index in [4.69, 9.17) is 4.74 Å². The third-order valence-electron chi connectivity index (χ3n) is 3.56. The maximum atomic E-state index is 12.6. The molecule has 0 heterocycles. The smallest absolute Gasteiger partial charge is 0.262 e. The van der Waals surface area contributed by atoms with Crippen LogP contribution in [-0.4, -0.2) is 21.3 Å². The van der Waals surface area contributed by atoms with Crippen LogP contribution in [0, 0.1) is 13.8 Å². The largest absolute Gasteiger partial charge is 0.497 e. The highest BCUT2D eigenvalue weighted by molar-refractivity contribution is 7.92. The molecule has 5 nitrogen and oxygen atoms in total. The number of methoxy groups -OCH3 is 1. The number of anilines is 1. The van der Waals surface area contributed by atoms with E-state index in [2.05, 4.69) is 4.72 Å². The number of hydrogen-bond acceptors (Lipinski definition) is 4. The summed E-state index contributed by atoms with van der Waals surface area (Å²) in [4.78, 5) is 11.7. The first-order valence-electron chi connectivity index (χ1n) is 7.03. The minimum absolute atomic E-state index is 0.119. The van der Waals surface area contributed by atoms with Gasteiger partial charge in [-0.15, -0.1) is 0 Å². The maximum absolute atomic E-state index is 12.6. The van der Waals surface area contributed by atoms with E-state index < -0.39 is 10.0 Å². The van der Waals surface area contributed by atoms with E-state index in [1.165, 1.54) is 20.1 Å². The zero-order valence-electron chi connectivity index (χ0n) is 13.5. The minimum atomic E-state index is -3.75. The topological polar surface area (TPSA) is 72.5 Å². The van der Waals surface area contributed by atoms with Crippen molar-refractivity contribution in [2.24, 2.45) is 0 Å². The standard InChI is InChI=1S/C17H19NO4S/c1-11-5-6-14(13(3)19)10-16(11)18-23(20,21)17-8-7-15(22-4)9-12(17)2/h5-10,18H,1-4H3. The van der Waals surface area contributed by atoms with Gasteiger partial charge in [0.25, 0.3) is 10.0 Å². The molecule has 0 unspecified atom stereocenters. The predicted molar refractivity (Wildman–Crippen MR) is 89.7 cm³/mol. The Bertz CT molecular complexity index is 857. The van der Waals surface area contributed by atoms with Crippen molar-refractivity contribution in [3.05, 3.63) is 53.1 Å². The molecule has 0 saturated heterocycles. The Morgan fingerprint density at radius 1 is 1.04 bits per heavy atom. The Morgan fingerprint density at radius 3 is 2.30 bits per heavy atom. The molecule has 2 aromatic rings. The van der Waals surface area contributed by atoms with E-state index in [0.29, 0.717) is 22.6 Å². The number of sulfonamides is 1. The lowest BCUT2D eigenvalue weighted by atomic mass is 10.1. The van der Waals surface area contributed by atoms with Crippen LogP contribution in [-0.2, 0) is 10.0 Å². The lowest BCUT2D eigenvalue weighted by Crippen LogP contribution is -2.15. The van der Waals surface area contributed by atoms with Crippen LogP contribution in [0.25, 0.3) is 0 Å². The van der Waals surface area contributed by atoms with E-state index in [9.17, 15) is 13.2 Å². The molecule has 0 saturated carbocycles. The summed E-state index contributed by atoms with van der Waals surface area (Å²) in [5.41, 5.74) is 2.18. The van der Waals surface area contributed by atoms with E-state index in [-0.39, 0.29) is 10.7 Å². The Morgan fingerprint density at radius 2 is 1.74 bits per heavy atom. The van der Waals surface area contributed by atoms with Gasteiger partial charge in [-0.2, -0.15) is 0 Å². The fourth-order valence-electron chi connectivity index (χ4n) is 2.20. The van der Waals surface area contributed by atoms with Gasteiger partial charge >= 0.3 is 0 Å². The molecule has 0 aromatic heterocycles. The van der Waals surface area contributed by atoms with Crippen LogP contribution in [0.4, 0.5) is 5.69 Å². The van der Waals surface area contributed by atoms with Crippen molar-refractivity contribution in [1.29, 1.82) is 0 Å². The third-order valence-corrected chi connectivity index (χ3v) is 5.09. The van der Waals surface area contributed by atoms with Gasteiger partial charge in [0.2, 0.25) is 0 Å². The number of carbonyl (C=O) groups is 1. The van der Waals surface area contributed by atoms with E-state index in [1.54, 1.807) is 44.2 Å². The lowest BCUT2D eigenvalue weighted by molar-refractivity contribution is 0.101. The van der Waals surface area contributed by atoms with Crippen molar-refractivity contribution >= 4 is 21.5 Å². The highest BCUT2D eigenvalue weighted by Crippen LogP contribution is 2.25. The molecule has 0 bridgehead atoms. The monoisotopic (exact) mass is 333 g/mol. The zero-order valence-corrected chi connectivity index (χ0v) is 14.3. The van der Waals surface area contributed by atoms with E-state index >= 15 is 0 Å². The van der Waals surface area contributed by atoms with Crippen molar-refractivity contribution in [3.8, 4) is 5.75 Å². The normalized spacial score (nSPS) is 11.1. The number of benzene rings is 2. The fourth-order valence-corrected chi connectivity index (χ4v) is 3.55.